The van der Waals surface area contributed by atoms with Crippen LogP contribution in [0.5, 0.6) is 0 Å². The average molecular weight is 378 g/mol. The van der Waals surface area contributed by atoms with Gasteiger partial charge in [-0.05, 0) is 55.4 Å². The molecule has 0 amide bonds. The SMILES string of the molecule is CN[C@H](CN1CCC(O[Si](C)(C)C(C)(C)C)C1)c1cc(F)cc(C#N)c1. The molecule has 26 heavy (non-hydrogen) atoms. The summed E-state index contributed by atoms with van der Waals surface area (Å²) in [5, 5.41) is 12.5. The topological polar surface area (TPSA) is 48.3 Å². The molecule has 0 aromatic heterocycles. The Kier molecular flexibility index (Phi) is 6.62. The van der Waals surface area contributed by atoms with Crippen LogP contribution in [0, 0.1) is 17.1 Å². The smallest absolute Gasteiger partial charge is 0.192 e. The molecule has 0 spiro atoms. The van der Waals surface area contributed by atoms with E-state index in [0.29, 0.717) is 5.56 Å². The second-order valence-corrected chi connectivity index (χ2v) is 13.5. The summed E-state index contributed by atoms with van der Waals surface area (Å²) in [6, 6.07) is 6.58. The molecule has 0 bridgehead atoms. The zero-order valence-electron chi connectivity index (χ0n) is 16.9. The summed E-state index contributed by atoms with van der Waals surface area (Å²) in [5.41, 5.74) is 1.18. The maximum Gasteiger partial charge on any atom is 0.192 e. The summed E-state index contributed by atoms with van der Waals surface area (Å²) in [7, 11) is 0.117. The van der Waals surface area contributed by atoms with Crippen molar-refractivity contribution in [3.63, 3.8) is 0 Å². The van der Waals surface area contributed by atoms with E-state index in [0.717, 1.165) is 31.6 Å². The number of nitriles is 1. The number of halogens is 1. The second kappa shape index (κ2) is 8.18. The number of hydrogen-bond acceptors (Lipinski definition) is 4. The van der Waals surface area contributed by atoms with E-state index < -0.39 is 8.32 Å². The number of likely N-dealkylation sites (N-methyl/N-ethyl adjacent to an activating group) is 1. The Hall–Kier alpha value is -1.26. The molecule has 1 aliphatic rings. The molecule has 1 saturated heterocycles. The van der Waals surface area contributed by atoms with E-state index in [4.69, 9.17) is 9.69 Å². The monoisotopic (exact) mass is 377 g/mol. The molecule has 1 unspecified atom stereocenters. The molecule has 144 valence electrons. The lowest BCUT2D eigenvalue weighted by atomic mass is 10.0. The normalized spacial score (nSPS) is 20.2. The van der Waals surface area contributed by atoms with Crippen LogP contribution in [0.3, 0.4) is 0 Å². The first-order valence-electron chi connectivity index (χ1n) is 9.34. The van der Waals surface area contributed by atoms with Gasteiger partial charge in [0.2, 0.25) is 0 Å². The van der Waals surface area contributed by atoms with Crippen molar-refractivity contribution in [3.8, 4) is 6.07 Å². The Morgan fingerprint density at radius 3 is 2.65 bits per heavy atom. The van der Waals surface area contributed by atoms with E-state index in [1.54, 1.807) is 6.07 Å². The lowest BCUT2D eigenvalue weighted by Gasteiger charge is -2.38. The van der Waals surface area contributed by atoms with Crippen LogP contribution in [0.25, 0.3) is 0 Å². The highest BCUT2D eigenvalue weighted by Crippen LogP contribution is 2.38. The lowest BCUT2D eigenvalue weighted by molar-refractivity contribution is 0.177. The van der Waals surface area contributed by atoms with Crippen LogP contribution < -0.4 is 5.32 Å². The van der Waals surface area contributed by atoms with Gasteiger partial charge in [-0.15, -0.1) is 0 Å². The summed E-state index contributed by atoms with van der Waals surface area (Å²) in [5.74, 6) is -0.361. The minimum atomic E-state index is -1.76. The van der Waals surface area contributed by atoms with Gasteiger partial charge in [-0.2, -0.15) is 5.26 Å². The van der Waals surface area contributed by atoms with Gasteiger partial charge in [0.15, 0.2) is 8.32 Å². The third kappa shape index (κ3) is 5.14. The van der Waals surface area contributed by atoms with Crippen molar-refractivity contribution in [2.45, 2.75) is 57.5 Å². The van der Waals surface area contributed by atoms with E-state index in [1.807, 2.05) is 13.1 Å². The van der Waals surface area contributed by atoms with E-state index in [-0.39, 0.29) is 23.0 Å². The Morgan fingerprint density at radius 1 is 1.38 bits per heavy atom. The van der Waals surface area contributed by atoms with Crippen LogP contribution in [0.1, 0.15) is 44.4 Å². The van der Waals surface area contributed by atoms with Gasteiger partial charge in [0.05, 0.1) is 17.7 Å². The molecule has 0 radical (unpaired) electrons. The minimum absolute atomic E-state index is 0.00980. The quantitative estimate of drug-likeness (QED) is 0.760. The van der Waals surface area contributed by atoms with Gasteiger partial charge in [-0.1, -0.05) is 20.8 Å². The fraction of sp³-hybridized carbons (Fsp3) is 0.650. The highest BCUT2D eigenvalue weighted by atomic mass is 28.4. The number of hydrogen-bond donors (Lipinski definition) is 1. The average Bonchev–Trinajstić information content (AvgIpc) is 2.97. The van der Waals surface area contributed by atoms with Crippen molar-refractivity contribution in [1.29, 1.82) is 5.26 Å². The van der Waals surface area contributed by atoms with Crippen molar-refractivity contribution < 1.29 is 8.82 Å². The van der Waals surface area contributed by atoms with Crippen molar-refractivity contribution >= 4 is 8.32 Å². The molecule has 0 aliphatic carbocycles. The predicted octanol–water partition coefficient (Wildman–Crippen LogP) is 4.05. The molecular formula is C20H32FN3OSi. The highest BCUT2D eigenvalue weighted by Gasteiger charge is 2.40. The Morgan fingerprint density at radius 2 is 2.08 bits per heavy atom. The van der Waals surface area contributed by atoms with E-state index in [1.165, 1.54) is 12.1 Å². The molecule has 1 aliphatic heterocycles. The van der Waals surface area contributed by atoms with Gasteiger partial charge >= 0.3 is 0 Å². The highest BCUT2D eigenvalue weighted by molar-refractivity contribution is 6.74. The summed E-state index contributed by atoms with van der Waals surface area (Å²) in [4.78, 5) is 2.37. The lowest BCUT2D eigenvalue weighted by Crippen LogP contribution is -2.44. The maximum atomic E-state index is 13.8. The van der Waals surface area contributed by atoms with Crippen molar-refractivity contribution in [2.24, 2.45) is 0 Å². The molecule has 0 saturated carbocycles. The molecule has 6 heteroatoms. The van der Waals surface area contributed by atoms with Crippen LogP contribution in [0.15, 0.2) is 18.2 Å². The summed E-state index contributed by atoms with van der Waals surface area (Å²) < 4.78 is 20.3. The van der Waals surface area contributed by atoms with Gasteiger partial charge in [-0.3, -0.25) is 4.90 Å². The Bertz CT molecular complexity index is 666. The number of benzene rings is 1. The van der Waals surface area contributed by atoms with Crippen LogP contribution in [-0.4, -0.2) is 46.0 Å². The third-order valence-corrected chi connectivity index (χ3v) is 10.3. The number of likely N-dealkylation sites (tertiary alicyclic amines) is 1. The van der Waals surface area contributed by atoms with E-state index in [2.05, 4.69) is 44.1 Å². The standard InChI is InChI=1S/C20H32FN3OSi/c1-20(2,3)26(5,6)25-18-7-8-24(13-18)14-19(23-4)16-9-15(12-22)10-17(21)11-16/h9-11,18-19,23H,7-8,13-14H2,1-6H3/t18?,19-/m1/s1. The zero-order chi connectivity index (χ0) is 19.5. The summed E-state index contributed by atoms with van der Waals surface area (Å²) in [6.45, 7) is 14.1. The zero-order valence-corrected chi connectivity index (χ0v) is 17.9. The van der Waals surface area contributed by atoms with Crippen LogP contribution in [0.2, 0.25) is 18.1 Å². The predicted molar refractivity (Wildman–Crippen MR) is 106 cm³/mol. The van der Waals surface area contributed by atoms with E-state index in [9.17, 15) is 4.39 Å². The van der Waals surface area contributed by atoms with Crippen molar-refractivity contribution in [1.82, 2.24) is 10.2 Å². The summed E-state index contributed by atoms with van der Waals surface area (Å²) >= 11 is 0. The first kappa shape index (κ1) is 21.0. The third-order valence-electron chi connectivity index (χ3n) is 5.74. The fourth-order valence-electron chi connectivity index (χ4n) is 3.15. The first-order valence-corrected chi connectivity index (χ1v) is 12.2. The number of nitrogens with one attached hydrogen (secondary N) is 1. The molecule has 1 heterocycles. The molecule has 2 atom stereocenters. The van der Waals surface area contributed by atoms with Crippen molar-refractivity contribution in [3.05, 3.63) is 35.1 Å². The first-order chi connectivity index (χ1) is 12.1. The van der Waals surface area contributed by atoms with Gasteiger partial charge in [0.1, 0.15) is 5.82 Å². The van der Waals surface area contributed by atoms with Gasteiger partial charge < -0.3 is 9.74 Å². The maximum absolute atomic E-state index is 13.8. The molecule has 1 aromatic carbocycles. The van der Waals surface area contributed by atoms with Gasteiger partial charge in [0, 0.05) is 25.7 Å². The van der Waals surface area contributed by atoms with Crippen LogP contribution >= 0.6 is 0 Å². The fourth-order valence-corrected chi connectivity index (χ4v) is 4.53. The number of rotatable bonds is 6. The number of nitrogens with zero attached hydrogens (tertiary/aromatic N) is 2. The van der Waals surface area contributed by atoms with E-state index >= 15 is 0 Å². The summed E-state index contributed by atoms with van der Waals surface area (Å²) in [6.07, 6.45) is 1.31. The van der Waals surface area contributed by atoms with Gasteiger partial charge in [-0.25, -0.2) is 4.39 Å². The van der Waals surface area contributed by atoms with Crippen molar-refractivity contribution in [2.75, 3.05) is 26.7 Å². The second-order valence-electron chi connectivity index (χ2n) is 8.77. The van der Waals surface area contributed by atoms with Crippen LogP contribution in [-0.2, 0) is 4.43 Å². The Balaban J connectivity index is 2.01. The molecule has 4 nitrogen and oxygen atoms in total. The minimum Gasteiger partial charge on any atom is -0.413 e. The molecule has 2 rings (SSSR count). The molecule has 1 N–H and O–H groups in total. The van der Waals surface area contributed by atoms with Crippen LogP contribution in [0.4, 0.5) is 4.39 Å². The Labute approximate surface area is 158 Å². The molecule has 1 fully saturated rings. The van der Waals surface area contributed by atoms with Gasteiger partial charge in [0.25, 0.3) is 0 Å². The molecular weight excluding hydrogens is 345 g/mol. The largest absolute Gasteiger partial charge is 0.413 e. The molecule has 1 aromatic rings.